The second-order valence-corrected chi connectivity index (χ2v) is 7.41. The molecule has 0 unspecified atom stereocenters. The van der Waals surface area contributed by atoms with Crippen LogP contribution < -0.4 is 5.32 Å². The molecular weight excluding hydrogens is 344 g/mol. The molecule has 2 amide bonds. The first-order valence-corrected chi connectivity index (χ1v) is 9.71. The van der Waals surface area contributed by atoms with Crippen molar-refractivity contribution in [2.45, 2.75) is 57.1 Å². The van der Waals surface area contributed by atoms with Gasteiger partial charge in [-0.3, -0.25) is 9.59 Å². The van der Waals surface area contributed by atoms with E-state index in [1.807, 2.05) is 25.1 Å². The summed E-state index contributed by atoms with van der Waals surface area (Å²) in [6, 6.07) is 9.89. The van der Waals surface area contributed by atoms with E-state index in [9.17, 15) is 14.7 Å². The van der Waals surface area contributed by atoms with Gasteiger partial charge in [0.1, 0.15) is 6.61 Å². The van der Waals surface area contributed by atoms with Crippen LogP contribution in [-0.4, -0.2) is 60.8 Å². The average molecular weight is 376 g/mol. The Labute approximate surface area is 161 Å². The van der Waals surface area contributed by atoms with Gasteiger partial charge in [0.2, 0.25) is 11.8 Å². The Morgan fingerprint density at radius 2 is 1.93 bits per heavy atom. The fraction of sp³-hybridized carbons (Fsp3) is 0.619. The van der Waals surface area contributed by atoms with Crippen molar-refractivity contribution < 1.29 is 19.4 Å². The van der Waals surface area contributed by atoms with E-state index in [1.165, 1.54) is 6.92 Å². The summed E-state index contributed by atoms with van der Waals surface area (Å²) in [5.41, 5.74) is 0.918. The first-order valence-electron chi connectivity index (χ1n) is 9.71. The molecule has 27 heavy (non-hydrogen) atoms. The van der Waals surface area contributed by atoms with Gasteiger partial charge in [-0.25, -0.2) is 0 Å². The summed E-state index contributed by atoms with van der Waals surface area (Å²) in [5, 5.41) is 13.7. The monoisotopic (exact) mass is 376 g/mol. The molecule has 1 aliphatic carbocycles. The van der Waals surface area contributed by atoms with Crippen LogP contribution in [0.25, 0.3) is 0 Å². The number of nitrogens with one attached hydrogen (secondary N) is 1. The zero-order valence-electron chi connectivity index (χ0n) is 16.6. The first-order chi connectivity index (χ1) is 12.9. The molecule has 1 aromatic rings. The Bertz CT molecular complexity index is 622. The molecule has 3 atom stereocenters. The van der Waals surface area contributed by atoms with Crippen molar-refractivity contribution in [3.8, 4) is 0 Å². The molecule has 1 aliphatic rings. The number of carbonyl (C=O) groups is 2. The normalized spacial score (nSPS) is 25.5. The maximum absolute atomic E-state index is 12.3. The minimum atomic E-state index is -0.594. The maximum atomic E-state index is 12.3. The molecule has 2 rings (SSSR count). The summed E-state index contributed by atoms with van der Waals surface area (Å²) in [6.45, 7) is 4.42. The summed E-state index contributed by atoms with van der Waals surface area (Å²) >= 11 is 0. The number of carbonyl (C=O) groups excluding carboxylic acids is 2. The first kappa shape index (κ1) is 21.4. The molecule has 1 fully saturated rings. The number of benzene rings is 1. The highest BCUT2D eigenvalue weighted by atomic mass is 16.5. The summed E-state index contributed by atoms with van der Waals surface area (Å²) in [5.74, 6) is -0.175. The van der Waals surface area contributed by atoms with Crippen LogP contribution in [-0.2, 0) is 19.7 Å². The van der Waals surface area contributed by atoms with E-state index in [-0.39, 0.29) is 29.9 Å². The summed E-state index contributed by atoms with van der Waals surface area (Å²) in [7, 11) is 1.73. The maximum Gasteiger partial charge on any atom is 0.248 e. The molecule has 0 bridgehead atoms. The summed E-state index contributed by atoms with van der Waals surface area (Å²) < 4.78 is 5.23. The molecule has 1 aromatic carbocycles. The van der Waals surface area contributed by atoms with Crippen molar-refractivity contribution in [3.05, 3.63) is 35.9 Å². The van der Waals surface area contributed by atoms with E-state index >= 15 is 0 Å². The van der Waals surface area contributed by atoms with Crippen LogP contribution in [0.3, 0.4) is 0 Å². The van der Waals surface area contributed by atoms with Crippen LogP contribution in [0, 0.1) is 0 Å². The number of aliphatic hydroxyl groups is 1. The predicted octanol–water partition coefficient (Wildman–Crippen LogP) is 1.86. The molecule has 6 heteroatoms. The largest absolute Gasteiger partial charge is 0.391 e. The Balaban J connectivity index is 2.20. The van der Waals surface area contributed by atoms with E-state index in [0.29, 0.717) is 26.0 Å². The lowest BCUT2D eigenvalue weighted by Gasteiger charge is -2.34. The molecule has 2 N–H and O–H groups in total. The standard InChI is InChI=1S/C21H32N2O4/c1-4-27-14-20(26)23(3)18-10-12-21(13-11-19(18)25,15-22-16(2)24)17-8-6-5-7-9-17/h5-9,18-19,25H,4,10-15H2,1-3H3,(H,22,24)/t18-,19-,21-/m1/s1. The summed E-state index contributed by atoms with van der Waals surface area (Å²) in [6.07, 6.45) is 2.19. The highest BCUT2D eigenvalue weighted by Gasteiger charge is 2.39. The number of nitrogens with zero attached hydrogens (tertiary/aromatic N) is 1. The lowest BCUT2D eigenvalue weighted by atomic mass is 9.74. The SMILES string of the molecule is CCOCC(=O)N(C)[C@@H]1CC[C@@](CNC(C)=O)(c2ccccc2)CC[C@H]1O. The molecule has 0 saturated heterocycles. The van der Waals surface area contributed by atoms with E-state index in [2.05, 4.69) is 17.4 Å². The number of aliphatic hydroxyl groups excluding tert-OH is 1. The Hall–Kier alpha value is -1.92. The number of hydrogen-bond acceptors (Lipinski definition) is 4. The molecular formula is C21H32N2O4. The van der Waals surface area contributed by atoms with Crippen LogP contribution in [0.5, 0.6) is 0 Å². The van der Waals surface area contributed by atoms with Gasteiger partial charge in [-0.15, -0.1) is 0 Å². The fourth-order valence-electron chi connectivity index (χ4n) is 3.94. The molecule has 0 aromatic heterocycles. The Morgan fingerprint density at radius 1 is 1.26 bits per heavy atom. The van der Waals surface area contributed by atoms with Crippen LogP contribution in [0.4, 0.5) is 0 Å². The van der Waals surface area contributed by atoms with Gasteiger partial charge in [0.05, 0.1) is 12.1 Å². The second-order valence-electron chi connectivity index (χ2n) is 7.41. The molecule has 1 saturated carbocycles. The molecule has 0 aliphatic heterocycles. The lowest BCUT2D eigenvalue weighted by Crippen LogP contribution is -2.45. The van der Waals surface area contributed by atoms with Gasteiger partial charge in [0.25, 0.3) is 0 Å². The molecule has 0 radical (unpaired) electrons. The quantitative estimate of drug-likeness (QED) is 0.712. The van der Waals surface area contributed by atoms with Crippen LogP contribution >= 0.6 is 0 Å². The molecule has 0 spiro atoms. The zero-order valence-corrected chi connectivity index (χ0v) is 16.6. The third-order valence-electron chi connectivity index (χ3n) is 5.66. The highest BCUT2D eigenvalue weighted by Crippen LogP contribution is 2.39. The van der Waals surface area contributed by atoms with Crippen molar-refractivity contribution >= 4 is 11.8 Å². The Kier molecular flexibility index (Phi) is 7.80. The van der Waals surface area contributed by atoms with Gasteiger partial charge >= 0.3 is 0 Å². The van der Waals surface area contributed by atoms with Crippen molar-refractivity contribution in [2.24, 2.45) is 0 Å². The number of likely N-dealkylation sites (N-methyl/N-ethyl adjacent to an activating group) is 1. The minimum absolute atomic E-state index is 0.0337. The van der Waals surface area contributed by atoms with Crippen LogP contribution in [0.1, 0.15) is 45.1 Å². The third kappa shape index (κ3) is 5.53. The Morgan fingerprint density at radius 3 is 2.56 bits per heavy atom. The van der Waals surface area contributed by atoms with Gasteiger partial charge in [-0.1, -0.05) is 30.3 Å². The van der Waals surface area contributed by atoms with E-state index in [1.54, 1.807) is 11.9 Å². The van der Waals surface area contributed by atoms with Gasteiger partial charge < -0.3 is 20.1 Å². The van der Waals surface area contributed by atoms with E-state index < -0.39 is 6.10 Å². The molecule has 150 valence electrons. The number of ether oxygens (including phenoxy) is 1. The van der Waals surface area contributed by atoms with Crippen molar-refractivity contribution in [1.29, 1.82) is 0 Å². The number of hydrogen-bond donors (Lipinski definition) is 2. The molecule has 6 nitrogen and oxygen atoms in total. The number of amides is 2. The molecule has 0 heterocycles. The lowest BCUT2D eigenvalue weighted by molar-refractivity contribution is -0.139. The van der Waals surface area contributed by atoms with Gasteiger partial charge in [-0.2, -0.15) is 0 Å². The fourth-order valence-corrected chi connectivity index (χ4v) is 3.94. The smallest absolute Gasteiger partial charge is 0.248 e. The van der Waals surface area contributed by atoms with E-state index in [4.69, 9.17) is 4.74 Å². The van der Waals surface area contributed by atoms with Crippen LogP contribution in [0.2, 0.25) is 0 Å². The second kappa shape index (κ2) is 9.85. The highest BCUT2D eigenvalue weighted by molar-refractivity contribution is 5.77. The van der Waals surface area contributed by atoms with Gasteiger partial charge in [0.15, 0.2) is 0 Å². The predicted molar refractivity (Wildman–Crippen MR) is 104 cm³/mol. The van der Waals surface area contributed by atoms with E-state index in [0.717, 1.165) is 18.4 Å². The van der Waals surface area contributed by atoms with Crippen LogP contribution in [0.15, 0.2) is 30.3 Å². The third-order valence-corrected chi connectivity index (χ3v) is 5.66. The summed E-state index contributed by atoms with van der Waals surface area (Å²) in [4.78, 5) is 25.5. The van der Waals surface area contributed by atoms with Crippen molar-refractivity contribution in [3.63, 3.8) is 0 Å². The van der Waals surface area contributed by atoms with Crippen molar-refractivity contribution in [1.82, 2.24) is 10.2 Å². The van der Waals surface area contributed by atoms with Gasteiger partial charge in [-0.05, 0) is 38.2 Å². The van der Waals surface area contributed by atoms with Crippen molar-refractivity contribution in [2.75, 3.05) is 26.8 Å². The van der Waals surface area contributed by atoms with Gasteiger partial charge in [0, 0.05) is 32.5 Å². The zero-order chi connectivity index (χ0) is 19.9. The number of rotatable bonds is 7. The topological polar surface area (TPSA) is 78.9 Å². The average Bonchev–Trinajstić information content (AvgIpc) is 2.84. The minimum Gasteiger partial charge on any atom is -0.391 e.